The Morgan fingerprint density at radius 3 is 3.09 bits per heavy atom. The van der Waals surface area contributed by atoms with Gasteiger partial charge >= 0.3 is 0 Å². The summed E-state index contributed by atoms with van der Waals surface area (Å²) in [5, 5.41) is 14.1. The van der Waals surface area contributed by atoms with Crippen molar-refractivity contribution in [3.63, 3.8) is 0 Å². The smallest absolute Gasteiger partial charge is 0.176 e. The first-order valence-corrected chi connectivity index (χ1v) is 3.40. The Morgan fingerprint density at radius 2 is 2.36 bits per heavy atom. The van der Waals surface area contributed by atoms with Gasteiger partial charge in [-0.15, -0.1) is 0 Å². The molecule has 0 aromatic heterocycles. The Morgan fingerprint density at radius 1 is 1.55 bits per heavy atom. The fraction of sp³-hybridized carbons (Fsp3) is 0. The summed E-state index contributed by atoms with van der Waals surface area (Å²) in [4.78, 5) is 0. The van der Waals surface area contributed by atoms with E-state index in [0.29, 0.717) is 5.57 Å². The fourth-order valence-corrected chi connectivity index (χ4v) is 0.760. The number of rotatable bonds is 1. The van der Waals surface area contributed by atoms with Gasteiger partial charge in [-0.25, -0.2) is 0 Å². The Labute approximate surface area is 69.4 Å². The molecule has 58 valence electrons. The third kappa shape index (κ3) is 2.13. The van der Waals surface area contributed by atoms with Gasteiger partial charge in [0.25, 0.3) is 0 Å². The van der Waals surface area contributed by atoms with Crippen molar-refractivity contribution < 1.29 is 5.21 Å². The topological polar surface area (TPSA) is 44.6 Å². The van der Waals surface area contributed by atoms with E-state index < -0.39 is 0 Å². The number of oxime groups is 1. The van der Waals surface area contributed by atoms with Gasteiger partial charge in [-0.2, -0.15) is 0 Å². The van der Waals surface area contributed by atoms with Crippen LogP contribution < -0.4 is 5.32 Å². The van der Waals surface area contributed by atoms with Crippen molar-refractivity contribution in [1.82, 2.24) is 5.32 Å². The summed E-state index contributed by atoms with van der Waals surface area (Å²) in [5.41, 5.74) is 0.638. The lowest BCUT2D eigenvalue weighted by Crippen LogP contribution is -1.97. The molecular formula is C7H7ClN2O. The highest BCUT2D eigenvalue weighted by atomic mass is 35.5. The fourth-order valence-electron chi connectivity index (χ4n) is 0.642. The first kappa shape index (κ1) is 7.88. The van der Waals surface area contributed by atoms with Gasteiger partial charge < -0.3 is 10.5 Å². The first-order valence-electron chi connectivity index (χ1n) is 3.02. The zero-order valence-electron chi connectivity index (χ0n) is 5.66. The van der Waals surface area contributed by atoms with Crippen molar-refractivity contribution >= 4 is 16.8 Å². The van der Waals surface area contributed by atoms with E-state index in [0.717, 1.165) is 0 Å². The van der Waals surface area contributed by atoms with Crippen LogP contribution in [0.4, 0.5) is 0 Å². The minimum absolute atomic E-state index is 0.0671. The van der Waals surface area contributed by atoms with Gasteiger partial charge in [-0.3, -0.25) is 0 Å². The Bertz CT molecular complexity index is 253. The van der Waals surface area contributed by atoms with Crippen molar-refractivity contribution in [3.8, 4) is 0 Å². The summed E-state index contributed by atoms with van der Waals surface area (Å²) in [6, 6.07) is 0. The molecule has 0 saturated carbocycles. The van der Waals surface area contributed by atoms with E-state index in [-0.39, 0.29) is 5.17 Å². The van der Waals surface area contributed by atoms with Crippen LogP contribution in [0.25, 0.3) is 0 Å². The molecule has 1 heterocycles. The third-order valence-corrected chi connectivity index (χ3v) is 1.44. The molecule has 2 N–H and O–H groups in total. The summed E-state index contributed by atoms with van der Waals surface area (Å²) in [6.45, 7) is 0. The highest BCUT2D eigenvalue weighted by Gasteiger charge is 1.99. The monoisotopic (exact) mass is 170 g/mol. The van der Waals surface area contributed by atoms with Crippen LogP contribution in [-0.2, 0) is 0 Å². The lowest BCUT2D eigenvalue weighted by molar-refractivity contribution is 0.321. The van der Waals surface area contributed by atoms with Crippen molar-refractivity contribution in [3.05, 3.63) is 36.2 Å². The van der Waals surface area contributed by atoms with E-state index in [1.807, 2.05) is 6.08 Å². The SMILES string of the molecule is O/N=C(\Cl)C1=CNC=CC=C1. The molecule has 0 unspecified atom stereocenters. The number of hydrogen-bond donors (Lipinski definition) is 2. The van der Waals surface area contributed by atoms with Crippen LogP contribution in [-0.4, -0.2) is 10.4 Å². The van der Waals surface area contributed by atoms with Crippen molar-refractivity contribution in [2.75, 3.05) is 0 Å². The van der Waals surface area contributed by atoms with Crippen LogP contribution in [0.5, 0.6) is 0 Å². The molecule has 11 heavy (non-hydrogen) atoms. The standard InChI is InChI=1S/C7H7ClN2O/c8-7(10-11)6-3-1-2-4-9-5-6/h1-5,9,11H/b10-7-. The van der Waals surface area contributed by atoms with E-state index in [9.17, 15) is 0 Å². The summed E-state index contributed by atoms with van der Waals surface area (Å²) >= 11 is 5.53. The average Bonchev–Trinajstić information content (AvgIpc) is 2.30. The van der Waals surface area contributed by atoms with Crippen molar-refractivity contribution in [1.29, 1.82) is 0 Å². The second-order valence-electron chi connectivity index (χ2n) is 1.88. The van der Waals surface area contributed by atoms with Crippen LogP contribution in [0.15, 0.2) is 41.4 Å². The maximum atomic E-state index is 8.31. The van der Waals surface area contributed by atoms with E-state index in [1.54, 1.807) is 24.6 Å². The van der Waals surface area contributed by atoms with Crippen LogP contribution in [0.2, 0.25) is 0 Å². The number of allylic oxidation sites excluding steroid dienone is 4. The van der Waals surface area contributed by atoms with Gasteiger partial charge in [-0.05, 0) is 6.08 Å². The molecule has 3 nitrogen and oxygen atoms in total. The lowest BCUT2D eigenvalue weighted by atomic mass is 10.3. The Hall–Kier alpha value is -1.22. The molecule has 0 amide bonds. The molecule has 4 heteroatoms. The quantitative estimate of drug-likeness (QED) is 0.357. The number of nitrogens with one attached hydrogen (secondary N) is 1. The summed E-state index contributed by atoms with van der Waals surface area (Å²) in [6.07, 6.45) is 8.72. The van der Waals surface area contributed by atoms with Gasteiger partial charge in [0.1, 0.15) is 0 Å². The van der Waals surface area contributed by atoms with E-state index in [4.69, 9.17) is 16.8 Å². The predicted molar refractivity (Wildman–Crippen MR) is 44.6 cm³/mol. The van der Waals surface area contributed by atoms with Gasteiger partial charge in [0, 0.05) is 18.0 Å². The number of halogens is 1. The van der Waals surface area contributed by atoms with E-state index in [2.05, 4.69) is 10.5 Å². The number of nitrogens with zero attached hydrogens (tertiary/aromatic N) is 1. The molecule has 0 atom stereocenters. The normalized spacial score (nSPS) is 17.2. The minimum atomic E-state index is 0.0671. The molecule has 1 rings (SSSR count). The van der Waals surface area contributed by atoms with Crippen LogP contribution in [0, 0.1) is 0 Å². The maximum Gasteiger partial charge on any atom is 0.176 e. The molecule has 0 aromatic carbocycles. The molecule has 0 aromatic rings. The third-order valence-electron chi connectivity index (χ3n) is 1.14. The summed E-state index contributed by atoms with van der Waals surface area (Å²) in [5.74, 6) is 0. The van der Waals surface area contributed by atoms with Gasteiger partial charge in [0.05, 0.1) is 0 Å². The maximum absolute atomic E-state index is 8.31. The van der Waals surface area contributed by atoms with Crippen molar-refractivity contribution in [2.24, 2.45) is 5.16 Å². The second kappa shape index (κ2) is 3.83. The average molecular weight is 171 g/mol. The molecule has 0 aliphatic carbocycles. The van der Waals surface area contributed by atoms with Gasteiger partial charge in [0.15, 0.2) is 5.17 Å². The van der Waals surface area contributed by atoms with E-state index in [1.165, 1.54) is 0 Å². The molecule has 0 spiro atoms. The summed E-state index contributed by atoms with van der Waals surface area (Å²) < 4.78 is 0. The van der Waals surface area contributed by atoms with Crippen LogP contribution >= 0.6 is 11.6 Å². The predicted octanol–water partition coefficient (Wildman–Crippen LogP) is 1.57. The van der Waals surface area contributed by atoms with Crippen LogP contribution in [0.1, 0.15) is 0 Å². The molecule has 0 saturated heterocycles. The van der Waals surface area contributed by atoms with Gasteiger partial charge in [-0.1, -0.05) is 28.9 Å². The van der Waals surface area contributed by atoms with Gasteiger partial charge in [0.2, 0.25) is 0 Å². The molecule has 0 fully saturated rings. The van der Waals surface area contributed by atoms with E-state index >= 15 is 0 Å². The lowest BCUT2D eigenvalue weighted by Gasteiger charge is -1.94. The molecule has 1 aliphatic heterocycles. The highest BCUT2D eigenvalue weighted by molar-refractivity contribution is 6.69. The largest absolute Gasteiger partial charge is 0.410 e. The molecule has 0 radical (unpaired) electrons. The van der Waals surface area contributed by atoms with Crippen molar-refractivity contribution in [2.45, 2.75) is 0 Å². The first-order chi connectivity index (χ1) is 5.34. The molecule has 1 aliphatic rings. The number of hydrogen-bond acceptors (Lipinski definition) is 3. The molecular weight excluding hydrogens is 164 g/mol. The minimum Gasteiger partial charge on any atom is -0.410 e. The summed E-state index contributed by atoms with van der Waals surface area (Å²) in [7, 11) is 0. The second-order valence-corrected chi connectivity index (χ2v) is 2.23. The Balaban J connectivity index is 2.81. The zero-order chi connectivity index (χ0) is 8.10. The molecule has 0 bridgehead atoms. The van der Waals surface area contributed by atoms with Crippen LogP contribution in [0.3, 0.4) is 0 Å². The zero-order valence-corrected chi connectivity index (χ0v) is 6.42. The highest BCUT2D eigenvalue weighted by Crippen LogP contribution is 2.05. The Kier molecular flexibility index (Phi) is 2.74.